The Morgan fingerprint density at radius 2 is 2.25 bits per heavy atom. The van der Waals surface area contributed by atoms with E-state index in [2.05, 4.69) is 0 Å². The summed E-state index contributed by atoms with van der Waals surface area (Å²) in [5, 5.41) is 0. The number of hydrogen-bond donors (Lipinski definition) is 1. The van der Waals surface area contributed by atoms with Gasteiger partial charge < -0.3 is 9.29 Å². The quantitative estimate of drug-likeness (QED) is 0.482. The van der Waals surface area contributed by atoms with Crippen LogP contribution in [0.2, 0.25) is 0 Å². The molecule has 0 aliphatic carbocycles. The first-order valence-electron chi connectivity index (χ1n) is 3.44. The van der Waals surface area contributed by atoms with E-state index in [4.69, 9.17) is 4.74 Å². The van der Waals surface area contributed by atoms with E-state index >= 15 is 0 Å². The van der Waals surface area contributed by atoms with Gasteiger partial charge in [0.25, 0.3) is 0 Å². The minimum atomic E-state index is -2.50. The van der Waals surface area contributed by atoms with Gasteiger partial charge in [-0.2, -0.15) is 0 Å². The molecular formula is C6H12NO4S-. The van der Waals surface area contributed by atoms with Crippen LogP contribution < -0.4 is 4.72 Å². The lowest BCUT2D eigenvalue weighted by Gasteiger charge is -2.28. The zero-order chi connectivity index (χ0) is 9.78. The molecule has 0 fully saturated rings. The molecule has 0 aliphatic rings. The molecule has 0 aromatic carbocycles. The minimum Gasteiger partial charge on any atom is -0.760 e. The SMILES string of the molecule is CCOC(C)(NS(=O)[O-])C(C)=O. The van der Waals surface area contributed by atoms with Gasteiger partial charge in [-0.15, -0.1) is 0 Å². The maximum atomic E-state index is 10.9. The topological polar surface area (TPSA) is 78.5 Å². The van der Waals surface area contributed by atoms with E-state index < -0.39 is 17.0 Å². The summed E-state index contributed by atoms with van der Waals surface area (Å²) in [7, 11) is 0. The molecule has 2 atom stereocenters. The van der Waals surface area contributed by atoms with Crippen LogP contribution in [0, 0.1) is 0 Å². The highest BCUT2D eigenvalue weighted by atomic mass is 32.2. The summed E-state index contributed by atoms with van der Waals surface area (Å²) >= 11 is -2.50. The Morgan fingerprint density at radius 1 is 1.75 bits per heavy atom. The second-order valence-corrected chi connectivity index (χ2v) is 3.03. The molecule has 0 bridgehead atoms. The Labute approximate surface area is 73.9 Å². The van der Waals surface area contributed by atoms with E-state index in [1.165, 1.54) is 13.8 Å². The second-order valence-electron chi connectivity index (χ2n) is 2.36. The first kappa shape index (κ1) is 11.7. The molecule has 0 aromatic heterocycles. The lowest BCUT2D eigenvalue weighted by atomic mass is 10.2. The van der Waals surface area contributed by atoms with Crippen LogP contribution in [0.15, 0.2) is 0 Å². The highest BCUT2D eigenvalue weighted by molar-refractivity contribution is 7.77. The van der Waals surface area contributed by atoms with Gasteiger partial charge in [-0.3, -0.25) is 9.00 Å². The van der Waals surface area contributed by atoms with Gasteiger partial charge in [0.2, 0.25) is 0 Å². The molecule has 0 heterocycles. The molecule has 0 radical (unpaired) electrons. The highest BCUT2D eigenvalue weighted by Gasteiger charge is 2.29. The molecule has 6 heteroatoms. The molecule has 0 aromatic rings. The number of nitrogens with one attached hydrogen (secondary N) is 1. The number of Topliss-reactive ketones (excluding diaryl/α,β-unsaturated/α-hetero) is 1. The van der Waals surface area contributed by atoms with E-state index in [9.17, 15) is 13.6 Å². The number of ether oxygens (including phenoxy) is 1. The number of rotatable bonds is 5. The molecule has 0 saturated carbocycles. The molecule has 5 nitrogen and oxygen atoms in total. The third kappa shape index (κ3) is 3.40. The molecule has 1 N–H and O–H groups in total. The van der Waals surface area contributed by atoms with Crippen LogP contribution in [-0.2, 0) is 20.8 Å². The van der Waals surface area contributed by atoms with Gasteiger partial charge in [-0.1, -0.05) is 0 Å². The molecule has 0 amide bonds. The van der Waals surface area contributed by atoms with Gasteiger partial charge in [0.15, 0.2) is 11.5 Å². The minimum absolute atomic E-state index is 0.264. The highest BCUT2D eigenvalue weighted by Crippen LogP contribution is 2.07. The average molecular weight is 194 g/mol. The predicted molar refractivity (Wildman–Crippen MR) is 42.8 cm³/mol. The van der Waals surface area contributed by atoms with E-state index in [1.807, 2.05) is 4.72 Å². The van der Waals surface area contributed by atoms with Crippen molar-refractivity contribution in [2.75, 3.05) is 6.61 Å². The van der Waals surface area contributed by atoms with Crippen molar-refractivity contribution in [3.05, 3.63) is 0 Å². The normalized spacial score (nSPS) is 18.3. The van der Waals surface area contributed by atoms with Gasteiger partial charge in [-0.05, 0) is 20.8 Å². The summed E-state index contributed by atoms with van der Waals surface area (Å²) in [5.74, 6) is -0.381. The lowest BCUT2D eigenvalue weighted by Crippen LogP contribution is -2.51. The summed E-state index contributed by atoms with van der Waals surface area (Å²) in [6, 6.07) is 0. The Kier molecular flexibility index (Phi) is 4.54. The van der Waals surface area contributed by atoms with E-state index in [1.54, 1.807) is 6.92 Å². The maximum absolute atomic E-state index is 10.9. The predicted octanol–water partition coefficient (Wildman–Crippen LogP) is -0.288. The Balaban J connectivity index is 4.38. The Morgan fingerprint density at radius 3 is 2.50 bits per heavy atom. The number of ketones is 1. The number of carbonyl (C=O) groups is 1. The number of hydrogen-bond acceptors (Lipinski definition) is 4. The van der Waals surface area contributed by atoms with Crippen LogP contribution in [0.4, 0.5) is 0 Å². The third-order valence-corrected chi connectivity index (χ3v) is 1.94. The first-order valence-corrected chi connectivity index (χ1v) is 4.52. The van der Waals surface area contributed by atoms with Crippen molar-refractivity contribution < 1.29 is 18.3 Å². The molecular weight excluding hydrogens is 182 g/mol. The van der Waals surface area contributed by atoms with Gasteiger partial charge in [0.05, 0.1) is 0 Å². The van der Waals surface area contributed by atoms with Crippen LogP contribution in [0.3, 0.4) is 0 Å². The summed E-state index contributed by atoms with van der Waals surface area (Å²) in [5.41, 5.74) is -1.43. The van der Waals surface area contributed by atoms with Crippen molar-refractivity contribution in [1.29, 1.82) is 0 Å². The largest absolute Gasteiger partial charge is 0.760 e. The average Bonchev–Trinajstić information content (AvgIpc) is 1.85. The van der Waals surface area contributed by atoms with Crippen molar-refractivity contribution in [2.24, 2.45) is 0 Å². The van der Waals surface area contributed by atoms with Gasteiger partial charge in [0, 0.05) is 17.9 Å². The molecule has 2 unspecified atom stereocenters. The van der Waals surface area contributed by atoms with Gasteiger partial charge in [-0.25, -0.2) is 4.72 Å². The van der Waals surface area contributed by atoms with Crippen LogP contribution in [0.1, 0.15) is 20.8 Å². The first-order chi connectivity index (χ1) is 5.42. The second kappa shape index (κ2) is 4.66. The van der Waals surface area contributed by atoms with E-state index in [-0.39, 0.29) is 12.4 Å². The third-order valence-electron chi connectivity index (χ3n) is 1.38. The van der Waals surface area contributed by atoms with Crippen molar-refractivity contribution >= 4 is 17.0 Å². The summed E-state index contributed by atoms with van der Waals surface area (Å²) in [4.78, 5) is 10.9. The lowest BCUT2D eigenvalue weighted by molar-refractivity contribution is -0.141. The molecule has 12 heavy (non-hydrogen) atoms. The summed E-state index contributed by atoms with van der Waals surface area (Å²) < 4.78 is 27.5. The van der Waals surface area contributed by atoms with Crippen LogP contribution in [0.25, 0.3) is 0 Å². The van der Waals surface area contributed by atoms with E-state index in [0.29, 0.717) is 0 Å². The fourth-order valence-electron chi connectivity index (χ4n) is 0.651. The van der Waals surface area contributed by atoms with Crippen LogP contribution in [0.5, 0.6) is 0 Å². The smallest absolute Gasteiger partial charge is 0.185 e. The van der Waals surface area contributed by atoms with Gasteiger partial charge >= 0.3 is 0 Å². The van der Waals surface area contributed by atoms with Crippen molar-refractivity contribution in [3.8, 4) is 0 Å². The van der Waals surface area contributed by atoms with Crippen LogP contribution in [-0.4, -0.2) is 26.9 Å². The zero-order valence-corrected chi connectivity index (χ0v) is 8.06. The summed E-state index contributed by atoms with van der Waals surface area (Å²) in [6.07, 6.45) is 0. The maximum Gasteiger partial charge on any atom is 0.185 e. The summed E-state index contributed by atoms with van der Waals surface area (Å²) in [6.45, 7) is 4.57. The number of carbonyl (C=O) groups excluding carboxylic acids is 1. The molecule has 0 spiro atoms. The molecule has 0 rings (SSSR count). The van der Waals surface area contributed by atoms with Crippen molar-refractivity contribution in [3.63, 3.8) is 0 Å². The molecule has 72 valence electrons. The van der Waals surface area contributed by atoms with Crippen LogP contribution >= 0.6 is 0 Å². The Hall–Kier alpha value is -0.300. The molecule has 0 saturated heterocycles. The van der Waals surface area contributed by atoms with Crippen molar-refractivity contribution in [1.82, 2.24) is 4.72 Å². The Bertz CT molecular complexity index is 196. The van der Waals surface area contributed by atoms with Crippen molar-refractivity contribution in [2.45, 2.75) is 26.5 Å². The van der Waals surface area contributed by atoms with E-state index in [0.717, 1.165) is 0 Å². The fourth-order valence-corrected chi connectivity index (χ4v) is 1.17. The zero-order valence-electron chi connectivity index (χ0n) is 7.25. The fraction of sp³-hybridized carbons (Fsp3) is 0.833. The molecule has 0 aliphatic heterocycles. The standard InChI is InChI=1S/C6H13NO4S/c1-4-11-6(3,5(2)8)7-12(9)10/h7H,4H2,1-3H3,(H,9,10)/p-1. The van der Waals surface area contributed by atoms with Gasteiger partial charge in [0.1, 0.15) is 0 Å². The monoisotopic (exact) mass is 194 g/mol.